The maximum atomic E-state index is 11.5. The van der Waals surface area contributed by atoms with Crippen molar-refractivity contribution in [1.29, 1.82) is 0 Å². The number of rotatable bonds is 3. The van der Waals surface area contributed by atoms with Crippen LogP contribution in [0.25, 0.3) is 0 Å². The largest absolute Gasteiger partial charge is 0.459 e. The molecule has 0 N–H and O–H groups in total. The average Bonchev–Trinajstić information content (AvgIpc) is 2.35. The number of hydrogen-bond acceptors (Lipinski definition) is 2. The third kappa shape index (κ3) is 5.41. The predicted octanol–water partition coefficient (Wildman–Crippen LogP) is 4.86. The molecule has 106 valence electrons. The quantitative estimate of drug-likeness (QED) is 0.672. The summed E-state index contributed by atoms with van der Waals surface area (Å²) in [6.07, 6.45) is 12.3. The Hall–Kier alpha value is -0.530. The van der Waals surface area contributed by atoms with E-state index in [4.69, 9.17) is 4.74 Å². The van der Waals surface area contributed by atoms with Crippen LogP contribution in [0.5, 0.6) is 0 Å². The van der Waals surface area contributed by atoms with Gasteiger partial charge in [0.15, 0.2) is 0 Å². The van der Waals surface area contributed by atoms with Gasteiger partial charge in [0.2, 0.25) is 0 Å². The van der Waals surface area contributed by atoms with Crippen LogP contribution in [-0.4, -0.2) is 11.6 Å². The number of esters is 1. The Bertz CT molecular complexity index is 235. The minimum atomic E-state index is -0.285. The molecule has 0 aromatic rings. The molecule has 1 fully saturated rings. The first kappa shape index (κ1) is 15.5. The van der Waals surface area contributed by atoms with Crippen LogP contribution in [0.2, 0.25) is 0 Å². The van der Waals surface area contributed by atoms with Gasteiger partial charge >= 0.3 is 5.97 Å². The van der Waals surface area contributed by atoms with Crippen molar-refractivity contribution in [3.63, 3.8) is 0 Å². The Labute approximate surface area is 112 Å². The molecule has 1 saturated carbocycles. The minimum absolute atomic E-state index is 0.0582. The highest BCUT2D eigenvalue weighted by atomic mass is 16.6. The maximum Gasteiger partial charge on any atom is 0.306 e. The van der Waals surface area contributed by atoms with E-state index in [1.165, 1.54) is 57.8 Å². The summed E-state index contributed by atoms with van der Waals surface area (Å²) in [6.45, 7) is 6.06. The molecule has 0 spiro atoms. The summed E-state index contributed by atoms with van der Waals surface area (Å²) in [5.74, 6) is 0.475. The fourth-order valence-electron chi connectivity index (χ4n) is 2.95. The molecule has 1 rings (SSSR count). The summed E-state index contributed by atoms with van der Waals surface area (Å²) >= 11 is 0. The summed E-state index contributed by atoms with van der Waals surface area (Å²) < 4.78 is 5.66. The van der Waals surface area contributed by atoms with E-state index in [0.717, 1.165) is 0 Å². The lowest BCUT2D eigenvalue weighted by atomic mass is 9.81. The van der Waals surface area contributed by atoms with Gasteiger partial charge < -0.3 is 4.74 Å². The molecule has 0 aliphatic heterocycles. The lowest BCUT2D eigenvalue weighted by Gasteiger charge is -2.34. The Morgan fingerprint density at radius 1 is 1.00 bits per heavy atom. The topological polar surface area (TPSA) is 26.3 Å². The molecule has 0 unspecified atom stereocenters. The lowest BCUT2D eigenvalue weighted by Crippen LogP contribution is -2.36. The molecule has 0 aromatic carbocycles. The van der Waals surface area contributed by atoms with Gasteiger partial charge in [0.05, 0.1) is 0 Å². The van der Waals surface area contributed by atoms with Crippen molar-refractivity contribution >= 4 is 5.97 Å². The molecule has 0 bridgehead atoms. The summed E-state index contributed by atoms with van der Waals surface area (Å²) in [4.78, 5) is 11.5. The zero-order valence-corrected chi connectivity index (χ0v) is 12.5. The van der Waals surface area contributed by atoms with Gasteiger partial charge in [-0.05, 0) is 32.6 Å². The molecule has 18 heavy (non-hydrogen) atoms. The number of hydrogen-bond donors (Lipinski definition) is 0. The Morgan fingerprint density at radius 3 is 1.89 bits per heavy atom. The molecule has 0 heterocycles. The zero-order valence-electron chi connectivity index (χ0n) is 12.5. The van der Waals surface area contributed by atoms with E-state index < -0.39 is 0 Å². The van der Waals surface area contributed by atoms with Crippen LogP contribution in [-0.2, 0) is 9.53 Å². The van der Waals surface area contributed by atoms with Gasteiger partial charge in [-0.1, -0.05) is 51.9 Å². The molecular weight excluding hydrogens is 224 g/mol. The van der Waals surface area contributed by atoms with Gasteiger partial charge in [-0.2, -0.15) is 0 Å². The van der Waals surface area contributed by atoms with Crippen molar-refractivity contribution in [3.8, 4) is 0 Å². The number of ether oxygens (including phenoxy) is 1. The molecule has 0 amide bonds. The van der Waals surface area contributed by atoms with Crippen molar-refractivity contribution < 1.29 is 9.53 Å². The molecule has 1 aliphatic carbocycles. The second kappa shape index (κ2) is 7.81. The van der Waals surface area contributed by atoms with Crippen molar-refractivity contribution in [2.75, 3.05) is 0 Å². The molecule has 0 atom stereocenters. The first-order valence-electron chi connectivity index (χ1n) is 7.78. The average molecular weight is 254 g/mol. The van der Waals surface area contributed by atoms with Crippen molar-refractivity contribution in [2.45, 2.75) is 90.6 Å². The van der Waals surface area contributed by atoms with E-state index in [1.54, 1.807) is 0 Å². The lowest BCUT2D eigenvalue weighted by molar-refractivity contribution is -0.162. The van der Waals surface area contributed by atoms with Gasteiger partial charge in [0.1, 0.15) is 5.60 Å². The second-order valence-electron chi connectivity index (χ2n) is 6.18. The second-order valence-corrected chi connectivity index (χ2v) is 6.18. The molecule has 2 heteroatoms. The van der Waals surface area contributed by atoms with Gasteiger partial charge in [0.25, 0.3) is 0 Å². The highest BCUT2D eigenvalue weighted by Crippen LogP contribution is 2.32. The summed E-state index contributed by atoms with van der Waals surface area (Å²) in [7, 11) is 0. The first-order chi connectivity index (χ1) is 8.56. The van der Waals surface area contributed by atoms with Gasteiger partial charge in [-0.25, -0.2) is 0 Å². The van der Waals surface area contributed by atoms with E-state index in [9.17, 15) is 4.79 Å². The number of carbonyl (C=O) groups is 1. The molecule has 2 nitrogen and oxygen atoms in total. The van der Waals surface area contributed by atoms with Crippen LogP contribution in [0.3, 0.4) is 0 Å². The highest BCUT2D eigenvalue weighted by Gasteiger charge is 2.32. The van der Waals surface area contributed by atoms with Crippen LogP contribution in [0, 0.1) is 5.92 Å². The fraction of sp³-hybridized carbons (Fsp3) is 0.938. The van der Waals surface area contributed by atoms with Crippen LogP contribution < -0.4 is 0 Å². The van der Waals surface area contributed by atoms with Crippen LogP contribution in [0.4, 0.5) is 0 Å². The van der Waals surface area contributed by atoms with E-state index in [2.05, 4.69) is 13.8 Å². The monoisotopic (exact) mass is 254 g/mol. The third-order valence-electron chi connectivity index (χ3n) is 4.25. The van der Waals surface area contributed by atoms with E-state index in [0.29, 0.717) is 12.3 Å². The van der Waals surface area contributed by atoms with Crippen LogP contribution >= 0.6 is 0 Å². The Morgan fingerprint density at radius 2 is 1.44 bits per heavy atom. The summed E-state index contributed by atoms with van der Waals surface area (Å²) in [5, 5.41) is 0. The third-order valence-corrected chi connectivity index (χ3v) is 4.25. The van der Waals surface area contributed by atoms with Gasteiger partial charge in [0, 0.05) is 6.42 Å². The maximum absolute atomic E-state index is 11.5. The van der Waals surface area contributed by atoms with E-state index >= 15 is 0 Å². The van der Waals surface area contributed by atoms with E-state index in [-0.39, 0.29) is 11.6 Å². The van der Waals surface area contributed by atoms with Crippen molar-refractivity contribution in [2.24, 2.45) is 5.92 Å². The first-order valence-corrected chi connectivity index (χ1v) is 7.78. The highest BCUT2D eigenvalue weighted by molar-refractivity contribution is 5.69. The fourth-order valence-corrected chi connectivity index (χ4v) is 2.95. The van der Waals surface area contributed by atoms with Crippen LogP contribution in [0.1, 0.15) is 85.0 Å². The molecule has 0 aromatic heterocycles. The van der Waals surface area contributed by atoms with Crippen molar-refractivity contribution in [3.05, 3.63) is 0 Å². The SMILES string of the molecule is CCC(=O)OC(C)(C)C1CCCCCCCCC1. The van der Waals surface area contributed by atoms with Gasteiger partial charge in [-0.3, -0.25) is 4.79 Å². The van der Waals surface area contributed by atoms with Crippen LogP contribution in [0.15, 0.2) is 0 Å². The Balaban J connectivity index is 2.54. The van der Waals surface area contributed by atoms with Gasteiger partial charge in [-0.15, -0.1) is 0 Å². The zero-order chi connectivity index (χ0) is 13.4. The molecule has 0 radical (unpaired) electrons. The van der Waals surface area contributed by atoms with Crippen molar-refractivity contribution in [1.82, 2.24) is 0 Å². The van der Waals surface area contributed by atoms with E-state index in [1.807, 2.05) is 6.92 Å². The normalized spacial score (nSPS) is 20.4. The Kier molecular flexibility index (Phi) is 6.73. The minimum Gasteiger partial charge on any atom is -0.459 e. The molecular formula is C16H30O2. The smallest absolute Gasteiger partial charge is 0.306 e. The molecule has 0 saturated heterocycles. The predicted molar refractivity (Wildman–Crippen MR) is 75.5 cm³/mol. The summed E-state index contributed by atoms with van der Waals surface area (Å²) in [6, 6.07) is 0. The standard InChI is InChI=1S/C16H30O2/c1-4-15(17)18-16(2,3)14-12-10-8-6-5-7-9-11-13-14/h14H,4-13H2,1-3H3. The molecule has 1 aliphatic rings. The number of carbonyl (C=O) groups excluding carboxylic acids is 1. The summed E-state index contributed by atoms with van der Waals surface area (Å²) in [5.41, 5.74) is -0.285.